The molecule has 5 nitrogen and oxygen atoms in total. The van der Waals surface area contributed by atoms with Crippen LogP contribution in [0, 0.1) is 5.41 Å². The Hall–Kier alpha value is -2.82. The van der Waals surface area contributed by atoms with Crippen molar-refractivity contribution in [2.24, 2.45) is 5.41 Å². The zero-order valence-corrected chi connectivity index (χ0v) is 17.5. The fourth-order valence-electron chi connectivity index (χ4n) is 3.49. The lowest BCUT2D eigenvalue weighted by molar-refractivity contribution is -0.127. The van der Waals surface area contributed by atoms with E-state index in [4.69, 9.17) is 4.74 Å². The quantitative estimate of drug-likeness (QED) is 0.733. The first-order valence-corrected chi connectivity index (χ1v) is 10.3. The summed E-state index contributed by atoms with van der Waals surface area (Å²) in [6, 6.07) is 15.7. The molecule has 2 amide bonds. The Bertz CT molecular complexity index is 862. The number of nitrogens with zero attached hydrogens (tertiary/aromatic N) is 1. The summed E-state index contributed by atoms with van der Waals surface area (Å²) in [6.07, 6.45) is 3.00. The molecule has 0 saturated carbocycles. The van der Waals surface area contributed by atoms with Gasteiger partial charge in [0.25, 0.3) is 0 Å². The molecule has 0 saturated heterocycles. The van der Waals surface area contributed by atoms with Gasteiger partial charge >= 0.3 is 0 Å². The van der Waals surface area contributed by atoms with Crippen LogP contribution in [0.25, 0.3) is 0 Å². The van der Waals surface area contributed by atoms with Crippen molar-refractivity contribution >= 4 is 23.2 Å². The van der Waals surface area contributed by atoms with Crippen LogP contribution in [0.4, 0.5) is 11.4 Å². The first-order valence-electron chi connectivity index (χ1n) is 10.3. The molecule has 1 aliphatic rings. The number of carbonyl (C=O) groups is 2. The molecule has 2 aromatic rings. The van der Waals surface area contributed by atoms with Crippen molar-refractivity contribution in [3.63, 3.8) is 0 Å². The maximum absolute atomic E-state index is 12.9. The van der Waals surface area contributed by atoms with Crippen molar-refractivity contribution in [2.75, 3.05) is 23.4 Å². The van der Waals surface area contributed by atoms with Crippen LogP contribution in [0.1, 0.15) is 45.6 Å². The predicted molar refractivity (Wildman–Crippen MR) is 116 cm³/mol. The van der Waals surface area contributed by atoms with E-state index in [0.717, 1.165) is 24.9 Å². The topological polar surface area (TPSA) is 58.6 Å². The highest BCUT2D eigenvalue weighted by Gasteiger charge is 2.37. The molecule has 0 spiro atoms. The van der Waals surface area contributed by atoms with Gasteiger partial charge in [-0.25, -0.2) is 0 Å². The number of rotatable bonds is 7. The number of hydrogen-bond donors (Lipinski definition) is 1. The molecule has 0 aromatic heterocycles. The van der Waals surface area contributed by atoms with Gasteiger partial charge in [0.2, 0.25) is 11.8 Å². The van der Waals surface area contributed by atoms with Gasteiger partial charge in [-0.3, -0.25) is 9.59 Å². The Labute approximate surface area is 173 Å². The second kappa shape index (κ2) is 9.12. The molecule has 0 unspecified atom stereocenters. The summed E-state index contributed by atoms with van der Waals surface area (Å²) in [5, 5.41) is 2.96. The number of anilines is 2. The van der Waals surface area contributed by atoms with Crippen LogP contribution in [0.2, 0.25) is 0 Å². The predicted octanol–water partition coefficient (Wildman–Crippen LogP) is 4.81. The van der Waals surface area contributed by atoms with Crippen molar-refractivity contribution in [1.82, 2.24) is 0 Å². The van der Waals surface area contributed by atoms with Crippen molar-refractivity contribution in [2.45, 2.75) is 46.5 Å². The molecule has 1 heterocycles. The molecule has 2 aromatic carbocycles. The standard InChI is InChI=1S/C24H30N2O3/c1-4-15-26-20-14-13-19(16-21(20)29-17-24(2,3)23(26)28)25-22(27)12-8-11-18-9-6-5-7-10-18/h5-7,9-10,13-14,16H,4,8,11-12,15,17H2,1-3H3,(H,25,27). The average Bonchev–Trinajstić information content (AvgIpc) is 2.79. The highest BCUT2D eigenvalue weighted by atomic mass is 16.5. The molecule has 29 heavy (non-hydrogen) atoms. The second-order valence-electron chi connectivity index (χ2n) is 8.20. The monoisotopic (exact) mass is 394 g/mol. The number of benzene rings is 2. The number of aryl methyl sites for hydroxylation is 1. The maximum Gasteiger partial charge on any atom is 0.236 e. The van der Waals surface area contributed by atoms with Crippen LogP contribution >= 0.6 is 0 Å². The van der Waals surface area contributed by atoms with Crippen molar-refractivity contribution in [1.29, 1.82) is 0 Å². The molecule has 0 aliphatic carbocycles. The molecule has 3 rings (SSSR count). The van der Waals surface area contributed by atoms with E-state index >= 15 is 0 Å². The van der Waals surface area contributed by atoms with Gasteiger partial charge in [0.15, 0.2) is 0 Å². The summed E-state index contributed by atoms with van der Waals surface area (Å²) in [4.78, 5) is 27.0. The largest absolute Gasteiger partial charge is 0.490 e. The van der Waals surface area contributed by atoms with Crippen LogP contribution < -0.4 is 15.0 Å². The number of nitrogens with one attached hydrogen (secondary N) is 1. The zero-order valence-electron chi connectivity index (χ0n) is 17.5. The van der Waals surface area contributed by atoms with Gasteiger partial charge < -0.3 is 15.0 Å². The summed E-state index contributed by atoms with van der Waals surface area (Å²) >= 11 is 0. The Morgan fingerprint density at radius 1 is 1.17 bits per heavy atom. The zero-order chi connectivity index (χ0) is 20.9. The van der Waals surface area contributed by atoms with Gasteiger partial charge in [0.1, 0.15) is 12.4 Å². The number of ether oxygens (including phenoxy) is 1. The minimum Gasteiger partial charge on any atom is -0.490 e. The molecule has 1 aliphatic heterocycles. The molecular formula is C24H30N2O3. The molecule has 0 atom stereocenters. The molecule has 0 bridgehead atoms. The fraction of sp³-hybridized carbons (Fsp3) is 0.417. The lowest BCUT2D eigenvalue weighted by Crippen LogP contribution is -2.42. The first kappa shape index (κ1) is 20.9. The van der Waals surface area contributed by atoms with E-state index in [-0.39, 0.29) is 11.8 Å². The van der Waals surface area contributed by atoms with E-state index in [9.17, 15) is 9.59 Å². The average molecular weight is 395 g/mol. The highest BCUT2D eigenvalue weighted by Crippen LogP contribution is 2.38. The summed E-state index contributed by atoms with van der Waals surface area (Å²) < 4.78 is 5.96. The van der Waals surface area contributed by atoms with Crippen LogP contribution in [-0.4, -0.2) is 25.0 Å². The van der Waals surface area contributed by atoms with E-state index in [1.807, 2.05) is 50.2 Å². The molecule has 0 fully saturated rings. The number of hydrogen-bond acceptors (Lipinski definition) is 3. The van der Waals surface area contributed by atoms with E-state index in [0.29, 0.717) is 31.0 Å². The minimum atomic E-state index is -0.588. The molecule has 1 N–H and O–H groups in total. The van der Waals surface area contributed by atoms with Crippen LogP contribution in [0.5, 0.6) is 5.75 Å². The number of fused-ring (bicyclic) bond motifs is 1. The Morgan fingerprint density at radius 2 is 1.93 bits per heavy atom. The van der Waals surface area contributed by atoms with E-state index in [1.165, 1.54) is 5.56 Å². The molecular weight excluding hydrogens is 364 g/mol. The van der Waals surface area contributed by atoms with Gasteiger partial charge in [-0.2, -0.15) is 0 Å². The summed E-state index contributed by atoms with van der Waals surface area (Å²) in [7, 11) is 0. The van der Waals surface area contributed by atoms with E-state index in [1.54, 1.807) is 4.90 Å². The fourth-order valence-corrected chi connectivity index (χ4v) is 3.49. The van der Waals surface area contributed by atoms with Crippen molar-refractivity contribution < 1.29 is 14.3 Å². The summed E-state index contributed by atoms with van der Waals surface area (Å²) in [6.45, 7) is 6.81. The van der Waals surface area contributed by atoms with E-state index in [2.05, 4.69) is 24.4 Å². The van der Waals surface area contributed by atoms with E-state index < -0.39 is 5.41 Å². The van der Waals surface area contributed by atoms with Crippen LogP contribution in [-0.2, 0) is 16.0 Å². The van der Waals surface area contributed by atoms with Crippen LogP contribution in [0.3, 0.4) is 0 Å². The minimum absolute atomic E-state index is 0.0173. The maximum atomic E-state index is 12.9. The van der Waals surface area contributed by atoms with Gasteiger partial charge in [-0.15, -0.1) is 0 Å². The Kier molecular flexibility index (Phi) is 6.57. The highest BCUT2D eigenvalue weighted by molar-refractivity contribution is 6.00. The normalized spacial score (nSPS) is 15.3. The molecule has 5 heteroatoms. The van der Waals surface area contributed by atoms with Gasteiger partial charge in [0, 0.05) is 24.7 Å². The number of amides is 2. The third-order valence-corrected chi connectivity index (χ3v) is 5.11. The third kappa shape index (κ3) is 5.17. The Morgan fingerprint density at radius 3 is 2.66 bits per heavy atom. The lowest BCUT2D eigenvalue weighted by Gasteiger charge is -2.27. The van der Waals surface area contributed by atoms with Crippen LogP contribution in [0.15, 0.2) is 48.5 Å². The lowest BCUT2D eigenvalue weighted by atomic mass is 9.93. The van der Waals surface area contributed by atoms with Crippen molar-refractivity contribution in [3.05, 3.63) is 54.1 Å². The van der Waals surface area contributed by atoms with Gasteiger partial charge in [-0.1, -0.05) is 37.3 Å². The summed E-state index contributed by atoms with van der Waals surface area (Å²) in [5.74, 6) is 0.687. The molecule has 154 valence electrons. The Balaban J connectivity index is 1.66. The third-order valence-electron chi connectivity index (χ3n) is 5.11. The first-order chi connectivity index (χ1) is 13.9. The van der Waals surface area contributed by atoms with Crippen molar-refractivity contribution in [3.8, 4) is 5.75 Å². The summed E-state index contributed by atoms with van der Waals surface area (Å²) in [5.41, 5.74) is 2.11. The smallest absolute Gasteiger partial charge is 0.236 e. The second-order valence-corrected chi connectivity index (χ2v) is 8.20. The van der Waals surface area contributed by atoms with Gasteiger partial charge in [0.05, 0.1) is 11.1 Å². The SMILES string of the molecule is CCCN1C(=O)C(C)(C)COc2cc(NC(=O)CCCc3ccccc3)ccc21. The molecule has 0 radical (unpaired) electrons. The number of carbonyl (C=O) groups excluding carboxylic acids is 2. The van der Waals surface area contributed by atoms with Gasteiger partial charge in [-0.05, 0) is 50.8 Å².